The third-order valence-electron chi connectivity index (χ3n) is 3.44. The molecular weight excluding hydrogens is 256 g/mol. The molecule has 0 unspecified atom stereocenters. The number of hydrogen-bond donors (Lipinski definition) is 1. The monoisotopic (exact) mass is 268 g/mol. The van der Waals surface area contributed by atoms with Crippen molar-refractivity contribution in [2.45, 2.75) is 18.9 Å². The molecule has 0 saturated carbocycles. The molecule has 3 heterocycles. The van der Waals surface area contributed by atoms with Crippen LogP contribution in [0.1, 0.15) is 18.0 Å². The molecule has 1 aromatic heterocycles. The number of halogens is 1. The maximum absolute atomic E-state index is 11.8. The highest BCUT2D eigenvalue weighted by Crippen LogP contribution is 2.35. The Kier molecular flexibility index (Phi) is 2.21. The van der Waals surface area contributed by atoms with E-state index in [-0.39, 0.29) is 5.56 Å². The Morgan fingerprint density at radius 3 is 3.13 bits per heavy atom. The zero-order valence-electron chi connectivity index (χ0n) is 8.37. The lowest BCUT2D eigenvalue weighted by molar-refractivity contribution is 0.256. The van der Waals surface area contributed by atoms with Gasteiger partial charge in [0.2, 0.25) is 0 Å². The van der Waals surface area contributed by atoms with Crippen molar-refractivity contribution in [1.82, 2.24) is 9.88 Å². The summed E-state index contributed by atoms with van der Waals surface area (Å²) in [6.45, 7) is 2.92. The Hall–Kier alpha value is -0.610. The molecule has 80 valence electrons. The third kappa shape index (κ3) is 1.47. The van der Waals surface area contributed by atoms with Crippen LogP contribution in [0, 0.1) is 5.92 Å². The van der Waals surface area contributed by atoms with E-state index in [1.807, 2.05) is 10.6 Å². The second-order valence-corrected chi connectivity index (χ2v) is 5.33. The van der Waals surface area contributed by atoms with Gasteiger partial charge in [-0.05, 0) is 40.9 Å². The van der Waals surface area contributed by atoms with Crippen LogP contribution in [0.3, 0.4) is 0 Å². The Morgan fingerprint density at radius 1 is 1.40 bits per heavy atom. The largest absolute Gasteiger partial charge is 0.316 e. The van der Waals surface area contributed by atoms with Crippen LogP contribution in [-0.2, 0) is 6.54 Å². The summed E-state index contributed by atoms with van der Waals surface area (Å²) in [4.78, 5) is 11.8. The van der Waals surface area contributed by atoms with Crippen LogP contribution in [0.2, 0.25) is 0 Å². The van der Waals surface area contributed by atoms with E-state index >= 15 is 0 Å². The van der Waals surface area contributed by atoms with E-state index in [0.717, 1.165) is 24.1 Å². The minimum Gasteiger partial charge on any atom is -0.316 e. The molecular formula is C11H13BrN2O. The predicted molar refractivity (Wildman–Crippen MR) is 62.1 cm³/mol. The van der Waals surface area contributed by atoms with E-state index < -0.39 is 0 Å². The van der Waals surface area contributed by atoms with Crippen LogP contribution >= 0.6 is 15.9 Å². The molecule has 4 heteroatoms. The Labute approximate surface area is 96.6 Å². The Bertz CT molecular complexity index is 454. The van der Waals surface area contributed by atoms with Crippen molar-refractivity contribution < 1.29 is 0 Å². The van der Waals surface area contributed by atoms with Crippen molar-refractivity contribution in [2.24, 2.45) is 5.92 Å². The Morgan fingerprint density at radius 2 is 2.27 bits per heavy atom. The molecule has 1 saturated heterocycles. The maximum Gasteiger partial charge on any atom is 0.250 e. The summed E-state index contributed by atoms with van der Waals surface area (Å²) in [5, 5.41) is 3.44. The van der Waals surface area contributed by atoms with Crippen LogP contribution in [0.25, 0.3) is 0 Å². The number of piperidine rings is 1. The van der Waals surface area contributed by atoms with Crippen molar-refractivity contribution in [3.63, 3.8) is 0 Å². The first-order chi connectivity index (χ1) is 7.25. The van der Waals surface area contributed by atoms with Gasteiger partial charge in [-0.2, -0.15) is 0 Å². The van der Waals surface area contributed by atoms with Gasteiger partial charge in [-0.1, -0.05) is 0 Å². The molecule has 0 aromatic carbocycles. The maximum atomic E-state index is 11.8. The van der Waals surface area contributed by atoms with E-state index in [1.54, 1.807) is 6.07 Å². The molecule has 1 fully saturated rings. The molecule has 3 rings (SSSR count). The van der Waals surface area contributed by atoms with E-state index in [0.29, 0.717) is 11.8 Å². The van der Waals surface area contributed by atoms with Gasteiger partial charge >= 0.3 is 0 Å². The van der Waals surface area contributed by atoms with Crippen LogP contribution in [0.4, 0.5) is 0 Å². The summed E-state index contributed by atoms with van der Waals surface area (Å²) < 4.78 is 3.03. The first kappa shape index (κ1) is 9.60. The SMILES string of the molecule is O=c1ccc(Br)c2n1C[C@@H]1CNC[C@H]2C1. The zero-order chi connectivity index (χ0) is 10.4. The van der Waals surface area contributed by atoms with Crippen molar-refractivity contribution >= 4 is 15.9 Å². The van der Waals surface area contributed by atoms with Gasteiger partial charge in [-0.25, -0.2) is 0 Å². The molecule has 15 heavy (non-hydrogen) atoms. The van der Waals surface area contributed by atoms with Crippen molar-refractivity contribution in [2.75, 3.05) is 13.1 Å². The molecule has 1 N–H and O–H groups in total. The summed E-state index contributed by atoms with van der Waals surface area (Å²) in [6, 6.07) is 3.53. The van der Waals surface area contributed by atoms with Gasteiger partial charge < -0.3 is 9.88 Å². The second-order valence-electron chi connectivity index (χ2n) is 4.47. The number of nitrogens with one attached hydrogen (secondary N) is 1. The van der Waals surface area contributed by atoms with Crippen LogP contribution < -0.4 is 10.9 Å². The number of aromatic nitrogens is 1. The molecule has 0 amide bonds. The number of rotatable bonds is 0. The minimum absolute atomic E-state index is 0.143. The normalized spacial score (nSPS) is 28.6. The van der Waals surface area contributed by atoms with Crippen molar-refractivity contribution in [3.05, 3.63) is 32.7 Å². The average Bonchev–Trinajstić information content (AvgIpc) is 2.24. The molecule has 2 aliphatic rings. The predicted octanol–water partition coefficient (Wildman–Crippen LogP) is 1.32. The first-order valence-corrected chi connectivity index (χ1v) is 6.15. The van der Waals surface area contributed by atoms with Crippen molar-refractivity contribution in [1.29, 1.82) is 0 Å². The number of fused-ring (bicyclic) bond motifs is 4. The van der Waals surface area contributed by atoms with Crippen LogP contribution in [-0.4, -0.2) is 17.7 Å². The highest BCUT2D eigenvalue weighted by molar-refractivity contribution is 9.10. The number of nitrogens with zero attached hydrogens (tertiary/aromatic N) is 1. The van der Waals surface area contributed by atoms with Gasteiger partial charge in [0, 0.05) is 35.2 Å². The van der Waals surface area contributed by atoms with E-state index in [1.165, 1.54) is 12.1 Å². The summed E-state index contributed by atoms with van der Waals surface area (Å²) in [6.07, 6.45) is 1.22. The summed E-state index contributed by atoms with van der Waals surface area (Å²) >= 11 is 3.55. The Balaban J connectivity index is 2.20. The van der Waals surface area contributed by atoms with Gasteiger partial charge in [0.25, 0.3) is 5.56 Å². The lowest BCUT2D eigenvalue weighted by Gasteiger charge is -2.37. The molecule has 1 aromatic rings. The van der Waals surface area contributed by atoms with Gasteiger partial charge in [-0.3, -0.25) is 4.79 Å². The quantitative estimate of drug-likeness (QED) is 0.770. The minimum atomic E-state index is 0.143. The topological polar surface area (TPSA) is 34.0 Å². The van der Waals surface area contributed by atoms with E-state index in [2.05, 4.69) is 21.2 Å². The molecule has 0 aliphatic carbocycles. The smallest absolute Gasteiger partial charge is 0.250 e. The van der Waals surface area contributed by atoms with Crippen LogP contribution in [0.5, 0.6) is 0 Å². The van der Waals surface area contributed by atoms with Crippen LogP contribution in [0.15, 0.2) is 21.4 Å². The third-order valence-corrected chi connectivity index (χ3v) is 4.11. The first-order valence-electron chi connectivity index (χ1n) is 5.35. The highest BCUT2D eigenvalue weighted by Gasteiger charge is 2.31. The fraction of sp³-hybridized carbons (Fsp3) is 0.545. The summed E-state index contributed by atoms with van der Waals surface area (Å²) in [7, 11) is 0. The highest BCUT2D eigenvalue weighted by atomic mass is 79.9. The fourth-order valence-electron chi connectivity index (χ4n) is 2.81. The molecule has 2 atom stereocenters. The molecule has 3 nitrogen and oxygen atoms in total. The molecule has 2 bridgehead atoms. The van der Waals surface area contributed by atoms with E-state index in [9.17, 15) is 4.79 Å². The van der Waals surface area contributed by atoms with Gasteiger partial charge in [0.15, 0.2) is 0 Å². The van der Waals surface area contributed by atoms with Gasteiger partial charge in [0.05, 0.1) is 0 Å². The van der Waals surface area contributed by atoms with Gasteiger partial charge in [0.1, 0.15) is 0 Å². The summed E-state index contributed by atoms with van der Waals surface area (Å²) in [5.74, 6) is 1.13. The lowest BCUT2D eigenvalue weighted by atomic mass is 9.84. The average molecular weight is 269 g/mol. The number of pyridine rings is 1. The second kappa shape index (κ2) is 3.46. The van der Waals surface area contributed by atoms with Crippen molar-refractivity contribution in [3.8, 4) is 0 Å². The van der Waals surface area contributed by atoms with Gasteiger partial charge in [-0.15, -0.1) is 0 Å². The summed E-state index contributed by atoms with van der Waals surface area (Å²) in [5.41, 5.74) is 1.33. The standard InChI is InChI=1S/C11H13BrN2O/c12-9-1-2-10(15)14-6-7-3-8(11(9)14)5-13-4-7/h1-2,7-8,13H,3-6H2/t7-,8+/m0/s1. The van der Waals surface area contributed by atoms with E-state index in [4.69, 9.17) is 0 Å². The lowest BCUT2D eigenvalue weighted by Crippen LogP contribution is -2.45. The fourth-order valence-corrected chi connectivity index (χ4v) is 3.48. The molecule has 0 spiro atoms. The number of hydrogen-bond acceptors (Lipinski definition) is 2. The molecule has 2 aliphatic heterocycles. The zero-order valence-corrected chi connectivity index (χ0v) is 9.96. The molecule has 0 radical (unpaired) electrons.